The van der Waals surface area contributed by atoms with Gasteiger partial charge in [0.1, 0.15) is 11.4 Å². The molecule has 0 aliphatic rings. The standard InChI is InChI=1S/C22H24FN3O3/c1-22(2,3)28-21(27)24-14-16(17-11-7-8-12-18(17)23)13-19-25-20(26-29-19)15-9-5-4-6-10-15/h4-12,16H,13-14H2,1-3H3,(H,24,27). The number of ether oxygens (including phenoxy) is 1. The van der Waals surface area contributed by atoms with Gasteiger partial charge < -0.3 is 14.6 Å². The van der Waals surface area contributed by atoms with E-state index in [9.17, 15) is 9.18 Å². The summed E-state index contributed by atoms with van der Waals surface area (Å²) >= 11 is 0. The number of nitrogens with one attached hydrogen (secondary N) is 1. The lowest BCUT2D eigenvalue weighted by atomic mass is 9.95. The SMILES string of the molecule is CC(C)(C)OC(=O)NCC(Cc1nc(-c2ccccc2)no1)c1ccccc1F. The molecule has 3 aromatic rings. The van der Waals surface area contributed by atoms with Gasteiger partial charge in [0.15, 0.2) is 0 Å². The molecule has 0 saturated carbocycles. The Morgan fingerprint density at radius 1 is 1.14 bits per heavy atom. The third-order valence-electron chi connectivity index (χ3n) is 4.16. The van der Waals surface area contributed by atoms with E-state index in [1.807, 2.05) is 30.3 Å². The fraction of sp³-hybridized carbons (Fsp3) is 0.318. The number of nitrogens with zero attached hydrogens (tertiary/aromatic N) is 2. The average Bonchev–Trinajstić information content (AvgIpc) is 3.14. The number of benzene rings is 2. The molecule has 1 unspecified atom stereocenters. The number of amides is 1. The van der Waals surface area contributed by atoms with Crippen molar-refractivity contribution >= 4 is 6.09 Å². The van der Waals surface area contributed by atoms with Crippen molar-refractivity contribution < 1.29 is 18.4 Å². The van der Waals surface area contributed by atoms with Crippen molar-refractivity contribution in [3.63, 3.8) is 0 Å². The van der Waals surface area contributed by atoms with E-state index in [1.54, 1.807) is 39.0 Å². The van der Waals surface area contributed by atoms with Crippen molar-refractivity contribution in [1.82, 2.24) is 15.5 Å². The molecular formula is C22H24FN3O3. The van der Waals surface area contributed by atoms with Gasteiger partial charge in [-0.2, -0.15) is 4.98 Å². The maximum atomic E-state index is 14.4. The second-order valence-corrected chi connectivity index (χ2v) is 7.68. The molecule has 3 rings (SSSR count). The maximum absolute atomic E-state index is 14.4. The zero-order valence-electron chi connectivity index (χ0n) is 16.7. The summed E-state index contributed by atoms with van der Waals surface area (Å²) in [4.78, 5) is 16.5. The van der Waals surface area contributed by atoms with Gasteiger partial charge in [-0.05, 0) is 32.4 Å². The summed E-state index contributed by atoms with van der Waals surface area (Å²) in [6, 6.07) is 15.9. The largest absolute Gasteiger partial charge is 0.444 e. The minimum absolute atomic E-state index is 0.166. The maximum Gasteiger partial charge on any atom is 0.407 e. The summed E-state index contributed by atoms with van der Waals surface area (Å²) in [6.07, 6.45) is -0.286. The Bertz CT molecular complexity index is 951. The third-order valence-corrected chi connectivity index (χ3v) is 4.16. The second kappa shape index (κ2) is 8.86. The van der Waals surface area contributed by atoms with Crippen LogP contribution in [0.3, 0.4) is 0 Å². The zero-order chi connectivity index (χ0) is 20.9. The van der Waals surface area contributed by atoms with Crippen LogP contribution in [-0.2, 0) is 11.2 Å². The van der Waals surface area contributed by atoms with E-state index in [1.165, 1.54) is 6.07 Å². The lowest BCUT2D eigenvalue weighted by Crippen LogP contribution is -2.35. The van der Waals surface area contributed by atoms with Gasteiger partial charge in [0.25, 0.3) is 0 Å². The molecule has 0 radical (unpaired) electrons. The first kappa shape index (κ1) is 20.5. The van der Waals surface area contributed by atoms with Gasteiger partial charge >= 0.3 is 6.09 Å². The Morgan fingerprint density at radius 3 is 2.52 bits per heavy atom. The highest BCUT2D eigenvalue weighted by Crippen LogP contribution is 2.24. The average molecular weight is 397 g/mol. The topological polar surface area (TPSA) is 77.2 Å². The van der Waals surface area contributed by atoms with E-state index in [2.05, 4.69) is 15.5 Å². The molecule has 0 aliphatic carbocycles. The Morgan fingerprint density at radius 2 is 1.83 bits per heavy atom. The predicted molar refractivity (Wildman–Crippen MR) is 107 cm³/mol. The molecule has 152 valence electrons. The first-order valence-corrected chi connectivity index (χ1v) is 9.41. The number of carbonyl (C=O) groups excluding carboxylic acids is 1. The van der Waals surface area contributed by atoms with E-state index < -0.39 is 17.6 Å². The highest BCUT2D eigenvalue weighted by atomic mass is 19.1. The van der Waals surface area contributed by atoms with Crippen LogP contribution in [0.4, 0.5) is 9.18 Å². The lowest BCUT2D eigenvalue weighted by Gasteiger charge is -2.22. The molecule has 0 saturated heterocycles. The molecule has 29 heavy (non-hydrogen) atoms. The summed E-state index contributed by atoms with van der Waals surface area (Å²) in [7, 11) is 0. The second-order valence-electron chi connectivity index (χ2n) is 7.68. The number of aromatic nitrogens is 2. The van der Waals surface area contributed by atoms with Gasteiger partial charge in [0, 0.05) is 24.4 Å². The molecule has 0 aliphatic heterocycles. The van der Waals surface area contributed by atoms with Crippen molar-refractivity contribution in [2.24, 2.45) is 0 Å². The van der Waals surface area contributed by atoms with Crippen LogP contribution in [0.2, 0.25) is 0 Å². The highest BCUT2D eigenvalue weighted by molar-refractivity contribution is 5.67. The van der Waals surface area contributed by atoms with Crippen molar-refractivity contribution in [2.75, 3.05) is 6.54 Å². The quantitative estimate of drug-likeness (QED) is 0.651. The van der Waals surface area contributed by atoms with Crippen LogP contribution in [0.25, 0.3) is 11.4 Å². The number of hydrogen-bond donors (Lipinski definition) is 1. The first-order chi connectivity index (χ1) is 13.8. The summed E-state index contributed by atoms with van der Waals surface area (Å²) in [5.41, 5.74) is 0.675. The Labute approximate surface area is 169 Å². The van der Waals surface area contributed by atoms with Crippen LogP contribution in [-0.4, -0.2) is 28.4 Å². The van der Waals surface area contributed by atoms with Crippen molar-refractivity contribution in [2.45, 2.75) is 38.7 Å². The summed E-state index contributed by atoms with van der Waals surface area (Å²) in [5.74, 6) is 0.0789. The van der Waals surface area contributed by atoms with Crippen LogP contribution in [0.15, 0.2) is 59.1 Å². The molecule has 0 fully saturated rings. The fourth-order valence-electron chi connectivity index (χ4n) is 2.87. The van der Waals surface area contributed by atoms with Crippen molar-refractivity contribution in [3.05, 3.63) is 71.9 Å². The molecular weight excluding hydrogens is 373 g/mol. The molecule has 6 nitrogen and oxygen atoms in total. The molecule has 1 aromatic heterocycles. The molecule has 1 amide bonds. The number of alkyl carbamates (subject to hydrolysis) is 1. The van der Waals surface area contributed by atoms with Crippen molar-refractivity contribution in [1.29, 1.82) is 0 Å². The Balaban J connectivity index is 1.76. The first-order valence-electron chi connectivity index (χ1n) is 9.41. The molecule has 2 aromatic carbocycles. The van der Waals surface area contributed by atoms with E-state index in [0.29, 0.717) is 17.3 Å². The van der Waals surface area contributed by atoms with Crippen LogP contribution in [0, 0.1) is 5.82 Å². The van der Waals surface area contributed by atoms with Crippen LogP contribution in [0.5, 0.6) is 0 Å². The summed E-state index contributed by atoms with van der Waals surface area (Å²) < 4.78 is 25.0. The normalized spacial score (nSPS) is 12.4. The van der Waals surface area contributed by atoms with Crippen molar-refractivity contribution in [3.8, 4) is 11.4 Å². The number of carbonyl (C=O) groups is 1. The number of halogens is 1. The molecule has 0 spiro atoms. The fourth-order valence-corrected chi connectivity index (χ4v) is 2.87. The van der Waals surface area contributed by atoms with E-state index >= 15 is 0 Å². The number of rotatable bonds is 6. The van der Waals surface area contributed by atoms with Gasteiger partial charge in [-0.25, -0.2) is 9.18 Å². The molecule has 7 heteroatoms. The predicted octanol–water partition coefficient (Wildman–Crippen LogP) is 4.73. The Kier molecular flexibility index (Phi) is 6.26. The molecule has 1 atom stereocenters. The van der Waals surface area contributed by atoms with Gasteiger partial charge in [-0.1, -0.05) is 53.7 Å². The summed E-state index contributed by atoms with van der Waals surface area (Å²) in [6.45, 7) is 5.51. The minimum Gasteiger partial charge on any atom is -0.444 e. The summed E-state index contributed by atoms with van der Waals surface area (Å²) in [5, 5.41) is 6.71. The smallest absolute Gasteiger partial charge is 0.407 e. The van der Waals surface area contributed by atoms with Gasteiger partial charge in [-0.3, -0.25) is 0 Å². The Hall–Kier alpha value is -3.22. The van der Waals surface area contributed by atoms with Gasteiger partial charge in [0.05, 0.1) is 0 Å². The van der Waals surface area contributed by atoms with Crippen LogP contribution in [0.1, 0.15) is 38.1 Å². The zero-order valence-corrected chi connectivity index (χ0v) is 16.7. The van der Waals surface area contributed by atoms with Gasteiger partial charge in [0.2, 0.25) is 11.7 Å². The third kappa shape index (κ3) is 5.88. The van der Waals surface area contributed by atoms with Crippen LogP contribution < -0.4 is 5.32 Å². The highest BCUT2D eigenvalue weighted by Gasteiger charge is 2.22. The van der Waals surface area contributed by atoms with Crippen LogP contribution >= 0.6 is 0 Å². The molecule has 1 N–H and O–H groups in total. The molecule has 0 bridgehead atoms. The van der Waals surface area contributed by atoms with E-state index in [4.69, 9.17) is 9.26 Å². The lowest BCUT2D eigenvalue weighted by molar-refractivity contribution is 0.0523. The van der Waals surface area contributed by atoms with E-state index in [0.717, 1.165) is 5.56 Å². The monoisotopic (exact) mass is 397 g/mol. The molecule has 1 heterocycles. The van der Waals surface area contributed by atoms with E-state index in [-0.39, 0.29) is 18.8 Å². The number of hydrogen-bond acceptors (Lipinski definition) is 5. The minimum atomic E-state index is -0.616. The van der Waals surface area contributed by atoms with Gasteiger partial charge in [-0.15, -0.1) is 0 Å².